The Morgan fingerprint density at radius 2 is 1.85 bits per heavy atom. The van der Waals surface area contributed by atoms with Gasteiger partial charge in [-0.3, -0.25) is 9.97 Å². The fourth-order valence-electron chi connectivity index (χ4n) is 3.28. The van der Waals surface area contributed by atoms with Gasteiger partial charge < -0.3 is 9.64 Å². The van der Waals surface area contributed by atoms with Crippen LogP contribution in [-0.2, 0) is 13.2 Å². The Bertz CT molecular complexity index is 1300. The van der Waals surface area contributed by atoms with Gasteiger partial charge in [0.1, 0.15) is 23.1 Å². The summed E-state index contributed by atoms with van der Waals surface area (Å²) in [6, 6.07) is 19.5. The summed E-state index contributed by atoms with van der Waals surface area (Å²) in [4.78, 5) is 24.4. The molecule has 7 nitrogen and oxygen atoms in total. The second kappa shape index (κ2) is 9.97. The van der Waals surface area contributed by atoms with E-state index < -0.39 is 0 Å². The molecule has 5 rings (SSSR count). The van der Waals surface area contributed by atoms with E-state index in [1.807, 2.05) is 77.1 Å². The number of aromatic nitrogens is 5. The van der Waals surface area contributed by atoms with Crippen LogP contribution < -0.4 is 9.64 Å². The SMILES string of the molecule is c1ccc(COc2cccc(N(Cc3cccnc3)c3nccc(-c4nccs4)n3)c2)nc1. The summed E-state index contributed by atoms with van der Waals surface area (Å²) in [6.07, 6.45) is 8.91. The highest BCUT2D eigenvalue weighted by molar-refractivity contribution is 7.13. The Labute approximate surface area is 195 Å². The highest BCUT2D eigenvalue weighted by Gasteiger charge is 2.16. The van der Waals surface area contributed by atoms with E-state index in [9.17, 15) is 0 Å². The van der Waals surface area contributed by atoms with Gasteiger partial charge in [-0.1, -0.05) is 18.2 Å². The first kappa shape index (κ1) is 20.7. The maximum absolute atomic E-state index is 6.00. The predicted molar refractivity (Wildman–Crippen MR) is 128 cm³/mol. The molecule has 0 aliphatic rings. The van der Waals surface area contributed by atoms with Crippen LogP contribution in [0.3, 0.4) is 0 Å². The van der Waals surface area contributed by atoms with Gasteiger partial charge in [0, 0.05) is 48.1 Å². The van der Waals surface area contributed by atoms with E-state index in [1.165, 1.54) is 0 Å². The molecule has 0 bridgehead atoms. The van der Waals surface area contributed by atoms with Gasteiger partial charge in [-0.2, -0.15) is 0 Å². The molecule has 162 valence electrons. The highest BCUT2D eigenvalue weighted by Crippen LogP contribution is 2.30. The van der Waals surface area contributed by atoms with Crippen LogP contribution >= 0.6 is 11.3 Å². The van der Waals surface area contributed by atoms with Crippen molar-refractivity contribution in [1.82, 2.24) is 24.9 Å². The Morgan fingerprint density at radius 3 is 2.67 bits per heavy atom. The summed E-state index contributed by atoms with van der Waals surface area (Å²) in [5.74, 6) is 1.32. The zero-order valence-electron chi connectivity index (χ0n) is 17.7. The molecule has 1 aromatic carbocycles. The van der Waals surface area contributed by atoms with Gasteiger partial charge >= 0.3 is 0 Å². The third kappa shape index (κ3) is 5.19. The predicted octanol–water partition coefficient (Wildman–Crippen LogP) is 5.31. The molecule has 0 fully saturated rings. The van der Waals surface area contributed by atoms with Crippen molar-refractivity contribution < 1.29 is 4.74 Å². The molecule has 5 aromatic rings. The smallest absolute Gasteiger partial charge is 0.230 e. The topological polar surface area (TPSA) is 76.9 Å². The third-order valence-corrected chi connectivity index (χ3v) is 5.64. The Balaban J connectivity index is 1.47. The summed E-state index contributed by atoms with van der Waals surface area (Å²) in [5, 5.41) is 2.79. The monoisotopic (exact) mass is 452 g/mol. The van der Waals surface area contributed by atoms with Crippen LogP contribution in [0.4, 0.5) is 11.6 Å². The lowest BCUT2D eigenvalue weighted by atomic mass is 10.2. The Kier molecular flexibility index (Phi) is 6.26. The molecule has 0 saturated carbocycles. The maximum atomic E-state index is 6.00. The van der Waals surface area contributed by atoms with Crippen molar-refractivity contribution in [2.45, 2.75) is 13.2 Å². The summed E-state index contributed by atoms with van der Waals surface area (Å²) in [5.41, 5.74) is 3.61. The van der Waals surface area contributed by atoms with Crippen molar-refractivity contribution >= 4 is 23.0 Å². The number of pyridine rings is 2. The van der Waals surface area contributed by atoms with Crippen molar-refractivity contribution in [3.63, 3.8) is 0 Å². The molecule has 4 heterocycles. The van der Waals surface area contributed by atoms with Crippen LogP contribution in [0.15, 0.2) is 97.0 Å². The quantitative estimate of drug-likeness (QED) is 0.316. The number of thiazole rings is 1. The van der Waals surface area contributed by atoms with Crippen LogP contribution in [0, 0.1) is 0 Å². The number of benzene rings is 1. The van der Waals surface area contributed by atoms with Crippen molar-refractivity contribution in [2.75, 3.05) is 4.90 Å². The zero-order chi connectivity index (χ0) is 22.3. The Hall–Kier alpha value is -4.17. The average Bonchev–Trinajstić information content (AvgIpc) is 3.43. The van der Waals surface area contributed by atoms with E-state index in [1.54, 1.807) is 36.1 Å². The molecule has 8 heteroatoms. The molecular formula is C25H20N6OS. The van der Waals surface area contributed by atoms with E-state index in [-0.39, 0.29) is 0 Å². The molecule has 0 amide bonds. The lowest BCUT2D eigenvalue weighted by molar-refractivity contribution is 0.301. The summed E-state index contributed by atoms with van der Waals surface area (Å²) >= 11 is 1.55. The van der Waals surface area contributed by atoms with Crippen molar-refractivity contribution in [3.8, 4) is 16.5 Å². The molecular weight excluding hydrogens is 432 g/mol. The van der Waals surface area contributed by atoms with E-state index >= 15 is 0 Å². The normalized spacial score (nSPS) is 10.7. The highest BCUT2D eigenvalue weighted by atomic mass is 32.1. The number of hydrogen-bond donors (Lipinski definition) is 0. The van der Waals surface area contributed by atoms with Gasteiger partial charge in [-0.05, 0) is 42.0 Å². The zero-order valence-corrected chi connectivity index (χ0v) is 18.5. The molecule has 0 N–H and O–H groups in total. The fourth-order valence-corrected chi connectivity index (χ4v) is 3.89. The van der Waals surface area contributed by atoms with E-state index in [0.29, 0.717) is 19.1 Å². The van der Waals surface area contributed by atoms with Crippen LogP contribution in [0.25, 0.3) is 10.7 Å². The van der Waals surface area contributed by atoms with Crippen LogP contribution in [0.2, 0.25) is 0 Å². The first-order valence-corrected chi connectivity index (χ1v) is 11.3. The first-order valence-electron chi connectivity index (χ1n) is 10.4. The minimum absolute atomic E-state index is 0.392. The summed E-state index contributed by atoms with van der Waals surface area (Å²) in [6.45, 7) is 0.946. The van der Waals surface area contributed by atoms with Crippen LogP contribution in [0.1, 0.15) is 11.3 Å². The number of hydrogen-bond acceptors (Lipinski definition) is 8. The van der Waals surface area contributed by atoms with Crippen molar-refractivity contribution in [2.24, 2.45) is 0 Å². The molecule has 4 aromatic heterocycles. The third-order valence-electron chi connectivity index (χ3n) is 4.84. The molecule has 33 heavy (non-hydrogen) atoms. The van der Waals surface area contributed by atoms with E-state index in [2.05, 4.69) is 19.9 Å². The first-order chi connectivity index (χ1) is 16.3. The molecule has 0 aliphatic carbocycles. The summed E-state index contributed by atoms with van der Waals surface area (Å²) in [7, 11) is 0. The number of anilines is 2. The van der Waals surface area contributed by atoms with Gasteiger partial charge in [0.15, 0.2) is 0 Å². The van der Waals surface area contributed by atoms with Gasteiger partial charge in [0.05, 0.1) is 12.2 Å². The number of rotatable bonds is 8. The van der Waals surface area contributed by atoms with Crippen LogP contribution in [-0.4, -0.2) is 24.9 Å². The lowest BCUT2D eigenvalue weighted by Gasteiger charge is -2.23. The summed E-state index contributed by atoms with van der Waals surface area (Å²) < 4.78 is 6.00. The number of ether oxygens (including phenoxy) is 1. The van der Waals surface area contributed by atoms with E-state index in [0.717, 1.165) is 33.4 Å². The van der Waals surface area contributed by atoms with Crippen molar-refractivity contribution in [1.29, 1.82) is 0 Å². The van der Waals surface area contributed by atoms with Gasteiger partial charge in [-0.15, -0.1) is 11.3 Å². The van der Waals surface area contributed by atoms with Crippen LogP contribution in [0.5, 0.6) is 5.75 Å². The molecule has 0 radical (unpaired) electrons. The fraction of sp³-hybridized carbons (Fsp3) is 0.0800. The van der Waals surface area contributed by atoms with Gasteiger partial charge in [-0.25, -0.2) is 15.0 Å². The second-order valence-electron chi connectivity index (χ2n) is 7.13. The number of nitrogens with zero attached hydrogens (tertiary/aromatic N) is 6. The van der Waals surface area contributed by atoms with Crippen molar-refractivity contribution in [3.05, 3.63) is 108 Å². The lowest BCUT2D eigenvalue weighted by Crippen LogP contribution is -2.19. The molecule has 0 atom stereocenters. The van der Waals surface area contributed by atoms with Gasteiger partial charge in [0.25, 0.3) is 0 Å². The minimum Gasteiger partial charge on any atom is -0.487 e. The maximum Gasteiger partial charge on any atom is 0.230 e. The Morgan fingerprint density at radius 1 is 0.848 bits per heavy atom. The largest absolute Gasteiger partial charge is 0.487 e. The average molecular weight is 453 g/mol. The molecule has 0 saturated heterocycles. The molecule has 0 aliphatic heterocycles. The van der Waals surface area contributed by atoms with E-state index in [4.69, 9.17) is 9.72 Å². The van der Waals surface area contributed by atoms with Gasteiger partial charge in [0.2, 0.25) is 5.95 Å². The second-order valence-corrected chi connectivity index (χ2v) is 8.03. The minimum atomic E-state index is 0.392. The standard InChI is InChI=1S/C25H20N6OS/c1-2-11-27-20(6-1)18-32-22-8-3-7-21(15-22)31(17-19-5-4-10-26-16-19)25-29-12-9-23(30-25)24-28-13-14-33-24/h1-16H,17-18H2. The molecule has 0 spiro atoms. The molecule has 0 unspecified atom stereocenters.